The third-order valence-electron chi connectivity index (χ3n) is 3.82. The Balaban J connectivity index is 2.40. The van der Waals surface area contributed by atoms with Crippen molar-refractivity contribution in [2.45, 2.75) is 40.0 Å². The van der Waals surface area contributed by atoms with E-state index in [1.54, 1.807) is 0 Å². The van der Waals surface area contributed by atoms with Crippen LogP contribution in [0.3, 0.4) is 0 Å². The van der Waals surface area contributed by atoms with Gasteiger partial charge in [0.1, 0.15) is 0 Å². The molecule has 0 aromatic carbocycles. The zero-order chi connectivity index (χ0) is 14.3. The van der Waals surface area contributed by atoms with Crippen molar-refractivity contribution in [2.24, 2.45) is 11.3 Å². The van der Waals surface area contributed by atoms with Crippen LogP contribution in [0.4, 0.5) is 0 Å². The summed E-state index contributed by atoms with van der Waals surface area (Å²) in [7, 11) is 1.47. The molecule has 112 valence electrons. The summed E-state index contributed by atoms with van der Waals surface area (Å²) in [5.41, 5.74) is -0.409. The van der Waals surface area contributed by atoms with Crippen molar-refractivity contribution in [3.05, 3.63) is 0 Å². The Bertz CT molecular complexity index is 279. The molecule has 0 aromatic rings. The standard InChI is InChI=1S/C15H30N2O2/c1-5-8-16-10-13-7-6-9-17(11-13)12-15(2,3)14(18)19-4/h13,16H,5-12H2,1-4H3. The lowest BCUT2D eigenvalue weighted by atomic mass is 9.90. The molecular formula is C15H30N2O2. The highest BCUT2D eigenvalue weighted by Crippen LogP contribution is 2.23. The van der Waals surface area contributed by atoms with Crippen LogP contribution in [0, 0.1) is 11.3 Å². The van der Waals surface area contributed by atoms with E-state index in [0.717, 1.165) is 32.7 Å². The van der Waals surface area contributed by atoms with E-state index in [0.29, 0.717) is 5.92 Å². The van der Waals surface area contributed by atoms with E-state index < -0.39 is 5.41 Å². The van der Waals surface area contributed by atoms with Crippen molar-refractivity contribution in [3.8, 4) is 0 Å². The summed E-state index contributed by atoms with van der Waals surface area (Å²) < 4.78 is 4.88. The largest absolute Gasteiger partial charge is 0.469 e. The molecule has 1 saturated heterocycles. The maximum Gasteiger partial charge on any atom is 0.312 e. The van der Waals surface area contributed by atoms with Crippen LogP contribution in [-0.2, 0) is 9.53 Å². The number of piperidine rings is 1. The number of hydrogen-bond acceptors (Lipinski definition) is 4. The van der Waals surface area contributed by atoms with E-state index in [9.17, 15) is 4.79 Å². The fraction of sp³-hybridized carbons (Fsp3) is 0.933. The fourth-order valence-corrected chi connectivity index (χ4v) is 2.84. The van der Waals surface area contributed by atoms with E-state index in [2.05, 4.69) is 17.1 Å². The van der Waals surface area contributed by atoms with Crippen molar-refractivity contribution < 1.29 is 9.53 Å². The highest BCUT2D eigenvalue weighted by molar-refractivity contribution is 5.76. The summed E-state index contributed by atoms with van der Waals surface area (Å²) in [5.74, 6) is 0.604. The molecule has 1 atom stereocenters. The number of esters is 1. The first-order valence-electron chi connectivity index (χ1n) is 7.51. The number of carbonyl (C=O) groups is 1. The summed E-state index contributed by atoms with van der Waals surface area (Å²) >= 11 is 0. The molecule has 0 aliphatic carbocycles. The quantitative estimate of drug-likeness (QED) is 0.567. The van der Waals surface area contributed by atoms with E-state index in [-0.39, 0.29) is 5.97 Å². The van der Waals surface area contributed by atoms with Gasteiger partial charge in [-0.3, -0.25) is 4.79 Å². The maximum atomic E-state index is 11.7. The molecule has 1 unspecified atom stereocenters. The first-order chi connectivity index (χ1) is 8.99. The van der Waals surface area contributed by atoms with Crippen LogP contribution in [0.1, 0.15) is 40.0 Å². The van der Waals surface area contributed by atoms with Gasteiger partial charge in [-0.2, -0.15) is 0 Å². The summed E-state index contributed by atoms with van der Waals surface area (Å²) in [4.78, 5) is 14.2. The van der Waals surface area contributed by atoms with Crippen LogP contribution in [-0.4, -0.2) is 50.7 Å². The van der Waals surface area contributed by atoms with Crippen molar-refractivity contribution in [3.63, 3.8) is 0 Å². The molecule has 19 heavy (non-hydrogen) atoms. The van der Waals surface area contributed by atoms with Crippen molar-refractivity contribution in [2.75, 3.05) is 39.8 Å². The van der Waals surface area contributed by atoms with Gasteiger partial charge < -0.3 is 15.0 Å². The number of nitrogens with one attached hydrogen (secondary N) is 1. The van der Waals surface area contributed by atoms with Gasteiger partial charge in [0, 0.05) is 13.1 Å². The Kier molecular flexibility index (Phi) is 6.80. The van der Waals surface area contributed by atoms with Crippen LogP contribution in [0.25, 0.3) is 0 Å². The minimum atomic E-state index is -0.409. The molecule has 1 heterocycles. The van der Waals surface area contributed by atoms with Crippen LogP contribution in [0.5, 0.6) is 0 Å². The molecule has 0 radical (unpaired) electrons. The predicted molar refractivity (Wildman–Crippen MR) is 78.1 cm³/mol. The SMILES string of the molecule is CCCNCC1CCCN(CC(C)(C)C(=O)OC)C1. The third-order valence-corrected chi connectivity index (χ3v) is 3.82. The number of likely N-dealkylation sites (tertiary alicyclic amines) is 1. The van der Waals surface area contributed by atoms with E-state index >= 15 is 0 Å². The lowest BCUT2D eigenvalue weighted by Crippen LogP contribution is -2.46. The molecular weight excluding hydrogens is 240 g/mol. The smallest absolute Gasteiger partial charge is 0.312 e. The van der Waals surface area contributed by atoms with Gasteiger partial charge in [0.25, 0.3) is 0 Å². The predicted octanol–water partition coefficient (Wildman–Crippen LogP) is 1.90. The summed E-state index contributed by atoms with van der Waals surface area (Å²) in [6, 6.07) is 0. The topological polar surface area (TPSA) is 41.6 Å². The molecule has 1 aliphatic rings. The molecule has 0 saturated carbocycles. The Hall–Kier alpha value is -0.610. The van der Waals surface area contributed by atoms with Gasteiger partial charge in [-0.1, -0.05) is 6.92 Å². The van der Waals surface area contributed by atoms with Gasteiger partial charge >= 0.3 is 5.97 Å². The maximum absolute atomic E-state index is 11.7. The minimum absolute atomic E-state index is 0.112. The van der Waals surface area contributed by atoms with E-state index in [1.165, 1.54) is 26.4 Å². The van der Waals surface area contributed by atoms with Crippen LogP contribution >= 0.6 is 0 Å². The highest BCUT2D eigenvalue weighted by atomic mass is 16.5. The molecule has 0 bridgehead atoms. The normalized spacial score (nSPS) is 21.4. The van der Waals surface area contributed by atoms with Crippen LogP contribution in [0.2, 0.25) is 0 Å². The zero-order valence-electron chi connectivity index (χ0n) is 13.0. The highest BCUT2D eigenvalue weighted by Gasteiger charge is 2.32. The first-order valence-corrected chi connectivity index (χ1v) is 7.51. The second-order valence-corrected chi connectivity index (χ2v) is 6.32. The Morgan fingerprint density at radius 2 is 2.21 bits per heavy atom. The van der Waals surface area contributed by atoms with Crippen molar-refractivity contribution >= 4 is 5.97 Å². The summed E-state index contributed by atoms with van der Waals surface area (Å²) in [6.07, 6.45) is 3.72. The number of rotatable bonds is 7. The monoisotopic (exact) mass is 270 g/mol. The summed E-state index contributed by atoms with van der Waals surface area (Å²) in [6.45, 7) is 11.3. The Morgan fingerprint density at radius 3 is 2.84 bits per heavy atom. The second-order valence-electron chi connectivity index (χ2n) is 6.32. The summed E-state index contributed by atoms with van der Waals surface area (Å²) in [5, 5.41) is 3.50. The number of carbonyl (C=O) groups excluding carboxylic acids is 1. The van der Waals surface area contributed by atoms with Crippen LogP contribution < -0.4 is 5.32 Å². The average molecular weight is 270 g/mol. The minimum Gasteiger partial charge on any atom is -0.469 e. The van der Waals surface area contributed by atoms with E-state index in [4.69, 9.17) is 4.74 Å². The number of hydrogen-bond donors (Lipinski definition) is 1. The number of methoxy groups -OCH3 is 1. The number of nitrogens with zero attached hydrogens (tertiary/aromatic N) is 1. The van der Waals surface area contributed by atoms with E-state index in [1.807, 2.05) is 13.8 Å². The fourth-order valence-electron chi connectivity index (χ4n) is 2.84. The molecule has 1 N–H and O–H groups in total. The average Bonchev–Trinajstić information content (AvgIpc) is 2.38. The molecule has 4 heteroatoms. The molecule has 1 aliphatic heterocycles. The van der Waals surface area contributed by atoms with Crippen molar-refractivity contribution in [1.82, 2.24) is 10.2 Å². The Morgan fingerprint density at radius 1 is 1.47 bits per heavy atom. The molecule has 0 amide bonds. The molecule has 1 rings (SSSR count). The first kappa shape index (κ1) is 16.4. The molecule has 0 spiro atoms. The van der Waals surface area contributed by atoms with Gasteiger partial charge in [0.2, 0.25) is 0 Å². The molecule has 0 aromatic heterocycles. The zero-order valence-corrected chi connectivity index (χ0v) is 13.0. The third kappa shape index (κ3) is 5.49. The Labute approximate surface area is 117 Å². The van der Waals surface area contributed by atoms with Gasteiger partial charge in [0.05, 0.1) is 12.5 Å². The molecule has 4 nitrogen and oxygen atoms in total. The number of ether oxygens (including phenoxy) is 1. The van der Waals surface area contributed by atoms with Gasteiger partial charge in [0.15, 0.2) is 0 Å². The van der Waals surface area contributed by atoms with Gasteiger partial charge in [-0.25, -0.2) is 0 Å². The van der Waals surface area contributed by atoms with Crippen molar-refractivity contribution in [1.29, 1.82) is 0 Å². The lowest BCUT2D eigenvalue weighted by Gasteiger charge is -2.37. The second kappa shape index (κ2) is 7.85. The molecule has 1 fully saturated rings. The lowest BCUT2D eigenvalue weighted by molar-refractivity contribution is -0.152. The van der Waals surface area contributed by atoms with Crippen LogP contribution in [0.15, 0.2) is 0 Å². The van der Waals surface area contributed by atoms with Gasteiger partial charge in [-0.05, 0) is 58.7 Å². The van der Waals surface area contributed by atoms with Gasteiger partial charge in [-0.15, -0.1) is 0 Å².